The molecule has 0 spiro atoms. The first-order valence-corrected chi connectivity index (χ1v) is 5.89. The third-order valence-electron chi connectivity index (χ3n) is 2.77. The van der Waals surface area contributed by atoms with Crippen LogP contribution >= 0.6 is 0 Å². The lowest BCUT2D eigenvalue weighted by molar-refractivity contribution is -0.136. The molecule has 0 aliphatic carbocycles. The molecular formula is C13H10N4O3. The van der Waals surface area contributed by atoms with Gasteiger partial charge >= 0.3 is 5.97 Å². The van der Waals surface area contributed by atoms with Crippen LogP contribution in [0.25, 0.3) is 17.0 Å². The van der Waals surface area contributed by atoms with Crippen molar-refractivity contribution >= 4 is 11.7 Å². The monoisotopic (exact) mass is 270 g/mol. The number of benzene rings is 1. The molecule has 2 heterocycles. The van der Waals surface area contributed by atoms with Crippen LogP contribution in [0.4, 0.5) is 0 Å². The Bertz CT molecular complexity index is 836. The van der Waals surface area contributed by atoms with Crippen LogP contribution in [0.5, 0.6) is 0 Å². The van der Waals surface area contributed by atoms with Crippen molar-refractivity contribution in [2.45, 2.75) is 6.42 Å². The molecule has 7 nitrogen and oxygen atoms in total. The van der Waals surface area contributed by atoms with E-state index in [0.29, 0.717) is 5.69 Å². The van der Waals surface area contributed by atoms with E-state index in [0.717, 1.165) is 10.1 Å². The fourth-order valence-corrected chi connectivity index (χ4v) is 1.90. The summed E-state index contributed by atoms with van der Waals surface area (Å²) >= 11 is 0. The number of H-pyrrole nitrogens is 1. The van der Waals surface area contributed by atoms with Gasteiger partial charge in [0.25, 0.3) is 11.3 Å². The van der Waals surface area contributed by atoms with Crippen LogP contribution in [0.15, 0.2) is 41.2 Å². The first-order valence-electron chi connectivity index (χ1n) is 5.89. The average molecular weight is 270 g/mol. The van der Waals surface area contributed by atoms with Crippen molar-refractivity contribution in [3.63, 3.8) is 0 Å². The Kier molecular flexibility index (Phi) is 2.79. The predicted octanol–water partition coefficient (Wildman–Crippen LogP) is 0.712. The van der Waals surface area contributed by atoms with Gasteiger partial charge in [-0.1, -0.05) is 30.3 Å². The molecule has 1 aromatic carbocycles. The number of carboxylic acids is 1. The van der Waals surface area contributed by atoms with E-state index in [1.165, 1.54) is 6.07 Å². The number of aliphatic carboxylic acids is 1. The van der Waals surface area contributed by atoms with Gasteiger partial charge in [0.15, 0.2) is 0 Å². The van der Waals surface area contributed by atoms with E-state index >= 15 is 0 Å². The lowest BCUT2D eigenvalue weighted by Gasteiger charge is -1.99. The average Bonchev–Trinajstić information content (AvgIpc) is 2.82. The molecule has 0 aliphatic rings. The number of aromatic amines is 1. The Morgan fingerprint density at radius 2 is 2.00 bits per heavy atom. The molecule has 0 aliphatic heterocycles. The van der Waals surface area contributed by atoms with Gasteiger partial charge in [0.05, 0.1) is 5.69 Å². The van der Waals surface area contributed by atoms with Crippen molar-refractivity contribution in [1.82, 2.24) is 19.6 Å². The number of hydrogen-bond donors (Lipinski definition) is 2. The van der Waals surface area contributed by atoms with Gasteiger partial charge in [0.2, 0.25) is 0 Å². The van der Waals surface area contributed by atoms with E-state index in [4.69, 9.17) is 5.11 Å². The van der Waals surface area contributed by atoms with Crippen molar-refractivity contribution in [2.24, 2.45) is 0 Å². The number of aromatic nitrogens is 4. The number of nitrogens with zero attached hydrogens (tertiary/aromatic N) is 3. The maximum atomic E-state index is 12.0. The molecule has 0 saturated carbocycles. The molecule has 0 saturated heterocycles. The molecule has 2 N–H and O–H groups in total. The van der Waals surface area contributed by atoms with Crippen LogP contribution in [-0.4, -0.2) is 30.7 Å². The second-order valence-electron chi connectivity index (χ2n) is 4.22. The van der Waals surface area contributed by atoms with E-state index in [2.05, 4.69) is 15.1 Å². The zero-order valence-electron chi connectivity index (χ0n) is 10.3. The molecule has 3 aromatic rings. The van der Waals surface area contributed by atoms with Gasteiger partial charge < -0.3 is 5.11 Å². The smallest absolute Gasteiger partial charge is 0.311 e. The van der Waals surface area contributed by atoms with Crippen molar-refractivity contribution in [3.8, 4) is 11.3 Å². The molecular weight excluding hydrogens is 260 g/mol. The van der Waals surface area contributed by atoms with E-state index in [1.54, 1.807) is 0 Å². The summed E-state index contributed by atoms with van der Waals surface area (Å²) in [5.41, 5.74) is 0.969. The summed E-state index contributed by atoms with van der Waals surface area (Å²) in [6, 6.07) is 10.6. The maximum absolute atomic E-state index is 12.0. The van der Waals surface area contributed by atoms with Gasteiger partial charge in [-0.15, -0.1) is 0 Å². The normalized spacial score (nSPS) is 10.8. The summed E-state index contributed by atoms with van der Waals surface area (Å²) < 4.78 is 1.13. The van der Waals surface area contributed by atoms with Gasteiger partial charge in [-0.05, 0) is 0 Å². The lowest BCUT2D eigenvalue weighted by Crippen LogP contribution is -2.14. The molecule has 0 bridgehead atoms. The summed E-state index contributed by atoms with van der Waals surface area (Å²) in [5, 5.41) is 11.3. The Balaban J connectivity index is 2.14. The highest BCUT2D eigenvalue weighted by molar-refractivity contribution is 5.69. The highest BCUT2D eigenvalue weighted by atomic mass is 16.4. The van der Waals surface area contributed by atoms with Crippen molar-refractivity contribution in [3.05, 3.63) is 52.6 Å². The number of carboxylic acid groups (broad SMARTS) is 1. The molecule has 3 rings (SSSR count). The minimum atomic E-state index is -1.03. The third-order valence-corrected chi connectivity index (χ3v) is 2.77. The summed E-state index contributed by atoms with van der Waals surface area (Å²) in [5.74, 6) is -0.680. The Morgan fingerprint density at radius 1 is 1.25 bits per heavy atom. The third kappa shape index (κ3) is 2.16. The van der Waals surface area contributed by atoms with Gasteiger partial charge in [-0.3, -0.25) is 14.7 Å². The molecule has 0 amide bonds. The lowest BCUT2D eigenvalue weighted by atomic mass is 10.1. The van der Waals surface area contributed by atoms with Crippen LogP contribution in [0, 0.1) is 0 Å². The standard InChI is InChI=1S/C13H10N4O3/c18-11-6-9(8-4-2-1-3-5-8)14-13-15-10(7-12(19)20)16-17(11)13/h1-6H,7H2,(H,19,20)(H,14,15,16). The molecule has 0 atom stereocenters. The second kappa shape index (κ2) is 4.61. The van der Waals surface area contributed by atoms with Gasteiger partial charge in [0.1, 0.15) is 12.2 Å². The first kappa shape index (κ1) is 12.1. The summed E-state index contributed by atoms with van der Waals surface area (Å²) in [6.07, 6.45) is -0.288. The SMILES string of the molecule is O=C(O)Cc1nc2nc(-c3ccccc3)cc(=O)n2[nH]1. The highest BCUT2D eigenvalue weighted by Gasteiger charge is 2.11. The fourth-order valence-electron chi connectivity index (χ4n) is 1.90. The molecule has 100 valence electrons. The van der Waals surface area contributed by atoms with Crippen LogP contribution in [0.1, 0.15) is 5.82 Å². The fraction of sp³-hybridized carbons (Fsp3) is 0.0769. The van der Waals surface area contributed by atoms with Gasteiger partial charge in [-0.25, -0.2) is 4.98 Å². The van der Waals surface area contributed by atoms with Crippen molar-refractivity contribution in [1.29, 1.82) is 0 Å². The van der Waals surface area contributed by atoms with Crippen LogP contribution in [0.3, 0.4) is 0 Å². The van der Waals surface area contributed by atoms with E-state index in [-0.39, 0.29) is 23.6 Å². The summed E-state index contributed by atoms with van der Waals surface area (Å²) in [4.78, 5) is 30.9. The molecule has 7 heteroatoms. The molecule has 0 radical (unpaired) electrons. The molecule has 0 fully saturated rings. The van der Waals surface area contributed by atoms with Crippen LogP contribution in [0.2, 0.25) is 0 Å². The zero-order valence-corrected chi connectivity index (χ0v) is 10.3. The molecule has 2 aromatic heterocycles. The number of rotatable bonds is 3. The zero-order chi connectivity index (χ0) is 14.1. The minimum Gasteiger partial charge on any atom is -0.481 e. The van der Waals surface area contributed by atoms with Crippen molar-refractivity contribution < 1.29 is 9.90 Å². The highest BCUT2D eigenvalue weighted by Crippen LogP contribution is 2.14. The Morgan fingerprint density at radius 3 is 2.70 bits per heavy atom. The summed E-state index contributed by atoms with van der Waals surface area (Å²) in [7, 11) is 0. The Hall–Kier alpha value is -2.96. The Labute approximate surface area is 112 Å². The van der Waals surface area contributed by atoms with E-state index in [1.807, 2.05) is 30.3 Å². The van der Waals surface area contributed by atoms with Gasteiger partial charge in [-0.2, -0.15) is 9.50 Å². The number of fused-ring (bicyclic) bond motifs is 1. The van der Waals surface area contributed by atoms with Crippen molar-refractivity contribution in [2.75, 3.05) is 0 Å². The predicted molar refractivity (Wildman–Crippen MR) is 70.4 cm³/mol. The number of nitrogens with one attached hydrogen (secondary N) is 1. The first-order chi connectivity index (χ1) is 9.63. The number of carbonyl (C=O) groups is 1. The second-order valence-corrected chi connectivity index (χ2v) is 4.22. The molecule has 20 heavy (non-hydrogen) atoms. The van der Waals surface area contributed by atoms with Gasteiger partial charge in [0, 0.05) is 11.6 Å². The maximum Gasteiger partial charge on any atom is 0.311 e. The van der Waals surface area contributed by atoms with E-state index in [9.17, 15) is 9.59 Å². The van der Waals surface area contributed by atoms with E-state index < -0.39 is 5.97 Å². The summed E-state index contributed by atoms with van der Waals surface area (Å²) in [6.45, 7) is 0. The quantitative estimate of drug-likeness (QED) is 0.730. The molecule has 0 unspecified atom stereocenters. The van der Waals surface area contributed by atoms with Crippen LogP contribution in [-0.2, 0) is 11.2 Å². The largest absolute Gasteiger partial charge is 0.481 e. The minimum absolute atomic E-state index is 0.160. The topological polar surface area (TPSA) is 100 Å². The number of hydrogen-bond acceptors (Lipinski definition) is 4. The van der Waals surface area contributed by atoms with Crippen LogP contribution < -0.4 is 5.56 Å².